The molecule has 3 aromatic carbocycles. The van der Waals surface area contributed by atoms with Crippen LogP contribution in [0.1, 0.15) is 10.4 Å². The molecule has 16 nitrogen and oxygen atoms in total. The Labute approximate surface area is 245 Å². The molecule has 232 valence electrons. The molecule has 0 bridgehead atoms. The molecular weight excluding hydrogens is 592 g/mol. The Bertz CT molecular complexity index is 1730. The molecule has 2 heterocycles. The zero-order chi connectivity index (χ0) is 32.0. The molecule has 1 aliphatic heterocycles. The summed E-state index contributed by atoms with van der Waals surface area (Å²) in [5.41, 5.74) is -0.714. The number of fused-ring (bicyclic) bond motifs is 1. The maximum atomic E-state index is 12.8. The average molecular weight is 617 g/mol. The van der Waals surface area contributed by atoms with Crippen molar-refractivity contribution in [2.75, 3.05) is 6.61 Å². The van der Waals surface area contributed by atoms with Gasteiger partial charge in [-0.15, -0.1) is 0 Å². The number of aromatic hydroxyl groups is 8. The summed E-state index contributed by atoms with van der Waals surface area (Å²) in [6.45, 7) is -0.848. The molecule has 16 heteroatoms. The van der Waals surface area contributed by atoms with Gasteiger partial charge in [0.25, 0.3) is 0 Å². The summed E-state index contributed by atoms with van der Waals surface area (Å²) in [5.74, 6) is -7.94. The first-order valence-corrected chi connectivity index (χ1v) is 12.6. The van der Waals surface area contributed by atoms with Gasteiger partial charge in [-0.2, -0.15) is 0 Å². The van der Waals surface area contributed by atoms with Gasteiger partial charge >= 0.3 is 17.3 Å². The fourth-order valence-electron chi connectivity index (χ4n) is 4.53. The van der Waals surface area contributed by atoms with E-state index in [2.05, 4.69) is 0 Å². The first-order chi connectivity index (χ1) is 20.8. The highest BCUT2D eigenvalue weighted by molar-refractivity contribution is 5.91. The largest absolute Gasteiger partial charge is 0.507 e. The SMILES string of the molecule is O=C(O[C@H]1[C@H](Oc2cc(-c3[o+]c4cc(O)cc(O)c4cc3O)cc(O)c2O)O[C@H](CO)[C@H](O)[C@@H]1O)c1cc(O)c(O)c(O)c1. The second-order valence-corrected chi connectivity index (χ2v) is 9.74. The Hall–Kier alpha value is -5.42. The molecular formula is C28H25O16+. The molecule has 0 spiro atoms. The Kier molecular flexibility index (Phi) is 7.75. The zero-order valence-electron chi connectivity index (χ0n) is 22.1. The van der Waals surface area contributed by atoms with Crippen molar-refractivity contribution in [1.29, 1.82) is 0 Å². The van der Waals surface area contributed by atoms with E-state index < -0.39 is 94.8 Å². The Morgan fingerprint density at radius 2 is 1.43 bits per heavy atom. The van der Waals surface area contributed by atoms with Crippen LogP contribution >= 0.6 is 0 Å². The first kappa shape index (κ1) is 30.1. The molecule has 44 heavy (non-hydrogen) atoms. The highest BCUT2D eigenvalue weighted by Crippen LogP contribution is 2.45. The van der Waals surface area contributed by atoms with Gasteiger partial charge < -0.3 is 70.4 Å². The van der Waals surface area contributed by atoms with E-state index in [0.29, 0.717) is 0 Å². The zero-order valence-corrected chi connectivity index (χ0v) is 22.1. The number of phenolic OH excluding ortho intramolecular Hbond substituents is 7. The molecule has 5 atom stereocenters. The van der Waals surface area contributed by atoms with Crippen LogP contribution in [0.2, 0.25) is 0 Å². The molecule has 1 aromatic heterocycles. The number of aliphatic hydroxyl groups is 3. The van der Waals surface area contributed by atoms with E-state index in [9.17, 15) is 61.0 Å². The molecule has 0 amide bonds. The number of carbonyl (C=O) groups is 1. The molecule has 11 N–H and O–H groups in total. The second kappa shape index (κ2) is 11.3. The highest BCUT2D eigenvalue weighted by Gasteiger charge is 2.48. The Balaban J connectivity index is 1.52. The van der Waals surface area contributed by atoms with Crippen LogP contribution in [0.5, 0.6) is 51.7 Å². The first-order valence-electron chi connectivity index (χ1n) is 12.6. The van der Waals surface area contributed by atoms with Crippen LogP contribution in [-0.2, 0) is 9.47 Å². The summed E-state index contributed by atoms with van der Waals surface area (Å²) in [4.78, 5) is 12.8. The van der Waals surface area contributed by atoms with Crippen LogP contribution in [0, 0.1) is 0 Å². The summed E-state index contributed by atoms with van der Waals surface area (Å²) in [7, 11) is 0. The third kappa shape index (κ3) is 5.40. The van der Waals surface area contributed by atoms with Crippen LogP contribution in [0.3, 0.4) is 0 Å². The van der Waals surface area contributed by atoms with Crippen LogP contribution in [0.4, 0.5) is 0 Å². The van der Waals surface area contributed by atoms with E-state index in [1.165, 1.54) is 0 Å². The average Bonchev–Trinajstić information content (AvgIpc) is 2.97. The molecule has 1 fully saturated rings. The van der Waals surface area contributed by atoms with Gasteiger partial charge in [0, 0.05) is 24.3 Å². The molecule has 0 saturated carbocycles. The van der Waals surface area contributed by atoms with Gasteiger partial charge in [0.1, 0.15) is 35.2 Å². The fraction of sp³-hybridized carbons (Fsp3) is 0.214. The predicted octanol–water partition coefficient (Wildman–Crippen LogP) is 1.07. The quantitative estimate of drug-likeness (QED) is 0.0819. The van der Waals surface area contributed by atoms with Gasteiger partial charge in [-0.05, 0) is 12.1 Å². The summed E-state index contributed by atoms with van der Waals surface area (Å²) in [6.07, 6.45) is -9.11. The van der Waals surface area contributed by atoms with E-state index >= 15 is 0 Å². The van der Waals surface area contributed by atoms with E-state index in [0.717, 1.165) is 42.5 Å². The fourth-order valence-corrected chi connectivity index (χ4v) is 4.53. The monoisotopic (exact) mass is 617 g/mol. The van der Waals surface area contributed by atoms with Crippen molar-refractivity contribution < 1.29 is 79.6 Å². The normalized spacial score (nSPS) is 21.7. The lowest BCUT2D eigenvalue weighted by molar-refractivity contribution is -0.276. The second-order valence-electron chi connectivity index (χ2n) is 9.74. The minimum Gasteiger partial charge on any atom is -0.507 e. The topological polar surface area (TPSA) is 279 Å². The number of hydrogen-bond donors (Lipinski definition) is 11. The van der Waals surface area contributed by atoms with Crippen LogP contribution < -0.4 is 4.74 Å². The van der Waals surface area contributed by atoms with E-state index in [-0.39, 0.29) is 28.0 Å². The van der Waals surface area contributed by atoms with Crippen molar-refractivity contribution in [3.05, 3.63) is 48.0 Å². The number of hydrogen-bond acceptors (Lipinski definition) is 15. The molecule has 0 aliphatic carbocycles. The van der Waals surface area contributed by atoms with E-state index in [1.807, 2.05) is 0 Å². The minimum atomic E-state index is -1.98. The Morgan fingerprint density at radius 3 is 2.09 bits per heavy atom. The third-order valence-electron chi connectivity index (χ3n) is 6.76. The number of rotatable bonds is 6. The van der Waals surface area contributed by atoms with E-state index in [1.54, 1.807) is 0 Å². The number of phenols is 7. The summed E-state index contributed by atoms with van der Waals surface area (Å²) in [5, 5.41) is 111. The van der Waals surface area contributed by atoms with Crippen molar-refractivity contribution >= 4 is 16.9 Å². The third-order valence-corrected chi connectivity index (χ3v) is 6.76. The van der Waals surface area contributed by atoms with Crippen molar-refractivity contribution in [3.8, 4) is 63.1 Å². The lowest BCUT2D eigenvalue weighted by atomic mass is 9.99. The molecule has 4 aromatic rings. The van der Waals surface area contributed by atoms with Crippen LogP contribution in [0.15, 0.2) is 46.9 Å². The number of ether oxygens (including phenoxy) is 3. The summed E-state index contributed by atoms with van der Waals surface area (Å²) < 4.78 is 21.9. The predicted molar refractivity (Wildman–Crippen MR) is 143 cm³/mol. The maximum absolute atomic E-state index is 12.8. The number of aliphatic hydroxyl groups excluding tert-OH is 3. The minimum absolute atomic E-state index is 0.0293. The van der Waals surface area contributed by atoms with Gasteiger partial charge in [-0.3, -0.25) is 0 Å². The highest BCUT2D eigenvalue weighted by atomic mass is 16.7. The van der Waals surface area contributed by atoms with Gasteiger partial charge in [0.05, 0.1) is 23.8 Å². The van der Waals surface area contributed by atoms with Crippen LogP contribution in [0.25, 0.3) is 22.3 Å². The number of esters is 1. The molecule has 1 aliphatic rings. The lowest BCUT2D eigenvalue weighted by Crippen LogP contribution is -2.61. The van der Waals surface area contributed by atoms with Gasteiger partial charge in [0.15, 0.2) is 34.9 Å². The number of carbonyl (C=O) groups excluding carboxylic acids is 1. The van der Waals surface area contributed by atoms with Crippen molar-refractivity contribution in [1.82, 2.24) is 0 Å². The standard InChI is InChI=1S/C28H24O16/c29-8-20-23(38)24(39)26(44-27(40)10-2-14(32)21(36)15(33)3-10)28(43-20)42-19-4-9(1-16(34)22(19)37)25-17(35)7-12-13(31)5-11(30)6-18(12)41-25/h1-7,20,23-24,26,28-29,38-39H,8H2,(H7-,30,31,32,33,34,35,36,37,40)/p+1/t20-,23+,24+,26-,28-/m1/s1. The Morgan fingerprint density at radius 1 is 0.773 bits per heavy atom. The van der Waals surface area contributed by atoms with Gasteiger partial charge in [-0.1, -0.05) is 0 Å². The lowest BCUT2D eigenvalue weighted by Gasteiger charge is -2.41. The molecule has 1 saturated heterocycles. The van der Waals surface area contributed by atoms with Gasteiger partial charge in [-0.25, -0.2) is 9.21 Å². The summed E-state index contributed by atoms with van der Waals surface area (Å²) in [6, 6.07) is 6.74. The summed E-state index contributed by atoms with van der Waals surface area (Å²) >= 11 is 0. The van der Waals surface area contributed by atoms with Crippen LogP contribution in [-0.4, -0.2) is 99.5 Å². The number of benzene rings is 3. The van der Waals surface area contributed by atoms with Crippen molar-refractivity contribution in [2.24, 2.45) is 0 Å². The van der Waals surface area contributed by atoms with Crippen molar-refractivity contribution in [3.63, 3.8) is 0 Å². The van der Waals surface area contributed by atoms with Crippen molar-refractivity contribution in [2.45, 2.75) is 30.7 Å². The maximum Gasteiger partial charge on any atom is 0.402 e. The molecule has 0 unspecified atom stereocenters. The van der Waals surface area contributed by atoms with Gasteiger partial charge in [0.2, 0.25) is 17.8 Å². The smallest absolute Gasteiger partial charge is 0.402 e. The molecule has 5 rings (SSSR count). The van der Waals surface area contributed by atoms with E-state index in [4.69, 9.17) is 18.6 Å². The molecule has 0 radical (unpaired) electrons.